The number of nitrogens with one attached hydrogen (secondary N) is 2. The van der Waals surface area contributed by atoms with Gasteiger partial charge in [-0.05, 0) is 47.2 Å². The Hall–Kier alpha value is -1.70. The van der Waals surface area contributed by atoms with Crippen LogP contribution >= 0.6 is 31.9 Å². The molecule has 4 rings (SSSR count). The first-order valence-corrected chi connectivity index (χ1v) is 12.4. The van der Waals surface area contributed by atoms with Gasteiger partial charge in [0, 0.05) is 40.7 Å². The van der Waals surface area contributed by atoms with Crippen LogP contribution in [0.25, 0.3) is 0 Å². The van der Waals surface area contributed by atoms with E-state index in [1.807, 2.05) is 42.5 Å². The molecule has 1 fully saturated rings. The Kier molecular flexibility index (Phi) is 6.06. The van der Waals surface area contributed by atoms with E-state index >= 15 is 0 Å². The second-order valence-corrected chi connectivity index (χ2v) is 12.1. The fraction of sp³-hybridized carbons (Fsp3) is 0.440. The number of halogens is 2. The fourth-order valence-corrected chi connectivity index (χ4v) is 6.17. The van der Waals surface area contributed by atoms with E-state index in [0.717, 1.165) is 32.2 Å². The van der Waals surface area contributed by atoms with E-state index in [4.69, 9.17) is 0 Å². The topological polar surface area (TPSA) is 61.4 Å². The van der Waals surface area contributed by atoms with Crippen molar-refractivity contribution in [3.8, 4) is 0 Å². The molecule has 170 valence electrons. The zero-order valence-corrected chi connectivity index (χ0v) is 22.2. The van der Waals surface area contributed by atoms with Gasteiger partial charge < -0.3 is 15.5 Å². The SMILES string of the molecule is CN(C)C(=O)C1NC(CC(C)(C)C)C2(C(=O)Nc3cc(Br)ccc32)C1c1cccc(Br)c1. The van der Waals surface area contributed by atoms with Crippen molar-refractivity contribution in [2.45, 2.75) is 50.6 Å². The molecule has 2 heterocycles. The zero-order valence-electron chi connectivity index (χ0n) is 19.0. The number of carbonyl (C=O) groups is 2. The molecule has 0 aromatic heterocycles. The second-order valence-electron chi connectivity index (χ2n) is 10.2. The van der Waals surface area contributed by atoms with E-state index in [2.05, 4.69) is 63.3 Å². The molecular weight excluding hydrogens is 534 g/mol. The quantitative estimate of drug-likeness (QED) is 0.550. The minimum Gasteiger partial charge on any atom is -0.347 e. The van der Waals surface area contributed by atoms with E-state index in [-0.39, 0.29) is 29.2 Å². The van der Waals surface area contributed by atoms with Crippen molar-refractivity contribution in [1.82, 2.24) is 10.2 Å². The van der Waals surface area contributed by atoms with Crippen molar-refractivity contribution in [3.05, 3.63) is 62.5 Å². The third-order valence-corrected chi connectivity index (χ3v) is 7.52. The molecule has 4 atom stereocenters. The number of likely N-dealkylation sites (N-methyl/N-ethyl adjacent to an activating group) is 1. The maximum atomic E-state index is 14.0. The molecule has 2 N–H and O–H groups in total. The minimum absolute atomic E-state index is 0.0240. The first-order chi connectivity index (χ1) is 14.9. The van der Waals surface area contributed by atoms with E-state index in [1.165, 1.54) is 0 Å². The molecule has 0 bridgehead atoms. The van der Waals surface area contributed by atoms with Gasteiger partial charge in [-0.25, -0.2) is 0 Å². The van der Waals surface area contributed by atoms with E-state index < -0.39 is 11.5 Å². The summed E-state index contributed by atoms with van der Waals surface area (Å²) >= 11 is 7.13. The molecule has 1 saturated heterocycles. The number of fused-ring (bicyclic) bond motifs is 2. The molecule has 32 heavy (non-hydrogen) atoms. The molecule has 2 aromatic carbocycles. The van der Waals surface area contributed by atoms with Crippen LogP contribution in [0.4, 0.5) is 5.69 Å². The average Bonchev–Trinajstić information content (AvgIpc) is 3.15. The van der Waals surface area contributed by atoms with Gasteiger partial charge in [-0.3, -0.25) is 9.59 Å². The predicted octanol–water partition coefficient (Wildman–Crippen LogP) is 5.05. The third-order valence-electron chi connectivity index (χ3n) is 6.54. The molecule has 0 radical (unpaired) electrons. The van der Waals surface area contributed by atoms with E-state index in [0.29, 0.717) is 0 Å². The molecule has 2 amide bonds. The highest BCUT2D eigenvalue weighted by Crippen LogP contribution is 2.56. The van der Waals surface area contributed by atoms with Gasteiger partial charge in [-0.1, -0.05) is 70.8 Å². The summed E-state index contributed by atoms with van der Waals surface area (Å²) in [5, 5.41) is 6.78. The zero-order chi connectivity index (χ0) is 23.4. The Morgan fingerprint density at radius 2 is 1.78 bits per heavy atom. The van der Waals surface area contributed by atoms with Gasteiger partial charge in [-0.2, -0.15) is 0 Å². The summed E-state index contributed by atoms with van der Waals surface area (Å²) in [7, 11) is 3.54. The van der Waals surface area contributed by atoms with Crippen LogP contribution in [-0.2, 0) is 15.0 Å². The Labute approximate surface area is 206 Å². The highest BCUT2D eigenvalue weighted by molar-refractivity contribution is 9.10. The first-order valence-electron chi connectivity index (χ1n) is 10.8. The first kappa shape index (κ1) is 23.5. The van der Waals surface area contributed by atoms with Crippen LogP contribution in [-0.4, -0.2) is 42.9 Å². The maximum absolute atomic E-state index is 14.0. The standard InChI is InChI=1S/C25H29Br2N3O2/c1-24(2,3)13-19-25(17-10-9-16(27)12-18(17)28-23(25)32)20(14-7-6-8-15(26)11-14)21(29-19)22(31)30(4)5/h6-12,19-21,29H,13H2,1-5H3,(H,28,32). The number of nitrogens with zero attached hydrogens (tertiary/aromatic N) is 1. The number of benzene rings is 2. The van der Waals surface area contributed by atoms with Crippen LogP contribution in [0.2, 0.25) is 0 Å². The third kappa shape index (κ3) is 3.82. The number of carbonyl (C=O) groups excluding carboxylic acids is 2. The van der Waals surface area contributed by atoms with Gasteiger partial charge >= 0.3 is 0 Å². The Morgan fingerprint density at radius 3 is 2.41 bits per heavy atom. The summed E-state index contributed by atoms with van der Waals surface area (Å²) in [6.45, 7) is 6.52. The molecule has 0 saturated carbocycles. The Morgan fingerprint density at radius 1 is 1.09 bits per heavy atom. The van der Waals surface area contributed by atoms with Crippen molar-refractivity contribution in [2.75, 3.05) is 19.4 Å². The molecule has 4 unspecified atom stereocenters. The minimum atomic E-state index is -0.902. The maximum Gasteiger partial charge on any atom is 0.239 e. The normalized spacial score (nSPS) is 26.8. The van der Waals surface area contributed by atoms with Crippen LogP contribution in [0.3, 0.4) is 0 Å². The van der Waals surface area contributed by atoms with Crippen LogP contribution < -0.4 is 10.6 Å². The second kappa shape index (κ2) is 8.26. The monoisotopic (exact) mass is 561 g/mol. The summed E-state index contributed by atoms with van der Waals surface area (Å²) in [5.41, 5.74) is 1.78. The van der Waals surface area contributed by atoms with Crippen molar-refractivity contribution in [2.24, 2.45) is 5.41 Å². The van der Waals surface area contributed by atoms with Crippen molar-refractivity contribution in [3.63, 3.8) is 0 Å². The van der Waals surface area contributed by atoms with Crippen molar-refractivity contribution in [1.29, 1.82) is 0 Å². The lowest BCUT2D eigenvalue weighted by atomic mass is 9.62. The van der Waals surface area contributed by atoms with Gasteiger partial charge in [0.25, 0.3) is 0 Å². The summed E-state index contributed by atoms with van der Waals surface area (Å²) < 4.78 is 1.83. The Bertz CT molecular complexity index is 1080. The number of hydrogen-bond donors (Lipinski definition) is 2. The van der Waals surface area contributed by atoms with Gasteiger partial charge in [0.05, 0.1) is 6.04 Å². The molecule has 2 aromatic rings. The van der Waals surface area contributed by atoms with Crippen LogP contribution in [0.5, 0.6) is 0 Å². The summed E-state index contributed by atoms with van der Waals surface area (Å²) in [4.78, 5) is 29.0. The highest BCUT2D eigenvalue weighted by Gasteiger charge is 2.65. The number of amides is 2. The molecule has 7 heteroatoms. The van der Waals surface area contributed by atoms with Gasteiger partial charge in [0.1, 0.15) is 5.41 Å². The van der Waals surface area contributed by atoms with Crippen LogP contribution in [0.15, 0.2) is 51.4 Å². The summed E-state index contributed by atoms with van der Waals surface area (Å²) in [6, 6.07) is 13.2. The van der Waals surface area contributed by atoms with Crippen molar-refractivity contribution < 1.29 is 9.59 Å². The number of anilines is 1. The molecule has 1 spiro atoms. The highest BCUT2D eigenvalue weighted by atomic mass is 79.9. The molecular formula is C25H29Br2N3O2. The van der Waals surface area contributed by atoms with Gasteiger partial charge in [-0.15, -0.1) is 0 Å². The largest absolute Gasteiger partial charge is 0.347 e. The fourth-order valence-electron chi connectivity index (χ4n) is 5.39. The predicted molar refractivity (Wildman–Crippen MR) is 135 cm³/mol. The molecule has 5 nitrogen and oxygen atoms in total. The molecule has 2 aliphatic heterocycles. The Balaban J connectivity index is 2.01. The van der Waals surface area contributed by atoms with E-state index in [1.54, 1.807) is 19.0 Å². The lowest BCUT2D eigenvalue weighted by Crippen LogP contribution is -2.49. The van der Waals surface area contributed by atoms with E-state index in [9.17, 15) is 9.59 Å². The lowest BCUT2D eigenvalue weighted by molar-refractivity contribution is -0.131. The van der Waals surface area contributed by atoms with Crippen LogP contribution in [0, 0.1) is 5.41 Å². The number of hydrogen-bond acceptors (Lipinski definition) is 3. The lowest BCUT2D eigenvalue weighted by Gasteiger charge is -2.37. The smallest absolute Gasteiger partial charge is 0.239 e. The molecule has 2 aliphatic rings. The van der Waals surface area contributed by atoms with Gasteiger partial charge in [0.2, 0.25) is 11.8 Å². The van der Waals surface area contributed by atoms with Crippen LogP contribution in [0.1, 0.15) is 44.2 Å². The average molecular weight is 563 g/mol. The summed E-state index contributed by atoms with van der Waals surface area (Å²) in [5.74, 6) is -0.430. The van der Waals surface area contributed by atoms with Crippen molar-refractivity contribution >= 4 is 49.4 Å². The molecule has 0 aliphatic carbocycles. The summed E-state index contributed by atoms with van der Waals surface area (Å²) in [6.07, 6.45) is 0.748. The number of rotatable bonds is 3. The van der Waals surface area contributed by atoms with Gasteiger partial charge in [0.15, 0.2) is 0 Å².